The number of thiophene rings is 1. The summed E-state index contributed by atoms with van der Waals surface area (Å²) in [5, 5.41) is 1.22. The number of aromatic nitrogens is 2. The van der Waals surface area contributed by atoms with E-state index in [0.29, 0.717) is 31.1 Å². The Bertz CT molecular complexity index is 1460. The zero-order chi connectivity index (χ0) is 26.6. The molecule has 4 heterocycles. The first-order valence-corrected chi connectivity index (χ1v) is 16.4. The molecule has 0 N–H and O–H groups in total. The van der Waals surface area contributed by atoms with E-state index >= 15 is 0 Å². The summed E-state index contributed by atoms with van der Waals surface area (Å²) in [7, 11) is -3.57. The summed E-state index contributed by atoms with van der Waals surface area (Å²) in [6, 6.07) is 2.09. The summed E-state index contributed by atoms with van der Waals surface area (Å²) in [6.45, 7) is 13.1. The molecule has 3 aliphatic rings. The number of piperazine rings is 1. The van der Waals surface area contributed by atoms with E-state index in [1.165, 1.54) is 41.5 Å². The van der Waals surface area contributed by atoms with Crippen LogP contribution in [0.2, 0.25) is 0 Å². The van der Waals surface area contributed by atoms with E-state index in [0.717, 1.165) is 71.2 Å². The minimum atomic E-state index is -3.57. The number of piperidine rings is 1. The molecule has 0 amide bonds. The summed E-state index contributed by atoms with van der Waals surface area (Å²) in [4.78, 5) is 18.1. The van der Waals surface area contributed by atoms with Crippen LogP contribution in [0.25, 0.3) is 10.2 Å². The maximum absolute atomic E-state index is 13.9. The minimum absolute atomic E-state index is 0.466. The van der Waals surface area contributed by atoms with Crippen LogP contribution in [0.4, 0.5) is 5.82 Å². The molecule has 38 heavy (non-hydrogen) atoms. The average Bonchev–Trinajstić information content (AvgIpc) is 3.49. The van der Waals surface area contributed by atoms with Crippen LogP contribution in [0.5, 0.6) is 0 Å². The topological polar surface area (TPSA) is 69.6 Å². The molecule has 2 aliphatic heterocycles. The summed E-state index contributed by atoms with van der Waals surface area (Å²) in [5.74, 6) is 1.93. The van der Waals surface area contributed by atoms with Crippen LogP contribution in [0, 0.1) is 27.7 Å². The third kappa shape index (κ3) is 4.55. The number of hydrogen-bond donors (Lipinski definition) is 0. The number of rotatable bonds is 5. The van der Waals surface area contributed by atoms with Crippen molar-refractivity contribution in [3.8, 4) is 0 Å². The maximum Gasteiger partial charge on any atom is 0.243 e. The van der Waals surface area contributed by atoms with Crippen molar-refractivity contribution in [1.29, 1.82) is 0 Å². The smallest absolute Gasteiger partial charge is 0.243 e. The van der Waals surface area contributed by atoms with Crippen molar-refractivity contribution in [2.24, 2.45) is 0 Å². The van der Waals surface area contributed by atoms with Crippen molar-refractivity contribution in [2.75, 3.05) is 44.2 Å². The van der Waals surface area contributed by atoms with Gasteiger partial charge >= 0.3 is 0 Å². The predicted molar refractivity (Wildman–Crippen MR) is 155 cm³/mol. The van der Waals surface area contributed by atoms with Gasteiger partial charge in [-0.3, -0.25) is 4.90 Å². The highest BCUT2D eigenvalue weighted by Crippen LogP contribution is 2.41. The van der Waals surface area contributed by atoms with Gasteiger partial charge in [0, 0.05) is 31.1 Å². The Morgan fingerprint density at radius 2 is 1.53 bits per heavy atom. The third-order valence-electron chi connectivity index (χ3n) is 8.84. The van der Waals surface area contributed by atoms with Crippen LogP contribution in [0.1, 0.15) is 64.2 Å². The second-order valence-corrected chi connectivity index (χ2v) is 14.3. The molecule has 3 aromatic rings. The predicted octanol–water partition coefficient (Wildman–Crippen LogP) is 4.91. The first-order valence-electron chi connectivity index (χ1n) is 14.1. The van der Waals surface area contributed by atoms with Crippen LogP contribution >= 0.6 is 11.3 Å². The molecule has 0 atom stereocenters. The quantitative estimate of drug-likeness (QED) is 0.447. The number of hydrogen-bond acceptors (Lipinski definition) is 7. The van der Waals surface area contributed by atoms with Crippen LogP contribution in [-0.4, -0.2) is 66.9 Å². The van der Waals surface area contributed by atoms with E-state index in [1.807, 2.05) is 39.0 Å². The fourth-order valence-corrected chi connectivity index (χ4v) is 9.75. The number of anilines is 1. The normalized spacial score (nSPS) is 19.4. The standard InChI is InChI=1S/C29H39N5O2S2/c1-19-17-20(2)22(4)27(21(19)3)38(35,36)34-15-13-33(14-16-34)28-26-23-9-8-10-24(23)37-29(26)31-25(30-28)18-32-11-6-5-7-12-32/h17H,5-16,18H2,1-4H3. The van der Waals surface area contributed by atoms with Crippen LogP contribution in [0.3, 0.4) is 0 Å². The Balaban J connectivity index is 1.30. The van der Waals surface area contributed by atoms with Crippen molar-refractivity contribution >= 4 is 37.4 Å². The molecule has 204 valence electrons. The lowest BCUT2D eigenvalue weighted by atomic mass is 10.0. The second-order valence-electron chi connectivity index (χ2n) is 11.3. The van der Waals surface area contributed by atoms with Gasteiger partial charge in [-0.15, -0.1) is 11.3 Å². The molecule has 6 rings (SSSR count). The van der Waals surface area contributed by atoms with Gasteiger partial charge in [-0.25, -0.2) is 18.4 Å². The van der Waals surface area contributed by atoms with Gasteiger partial charge in [0.25, 0.3) is 0 Å². The Kier molecular flexibility index (Phi) is 6.99. The molecule has 1 aliphatic carbocycles. The highest BCUT2D eigenvalue weighted by atomic mass is 32.2. The fraction of sp³-hybridized carbons (Fsp3) is 0.586. The third-order valence-corrected chi connectivity index (χ3v) is 12.2. The Hall–Kier alpha value is -2.07. The van der Waals surface area contributed by atoms with E-state index < -0.39 is 10.0 Å². The highest BCUT2D eigenvalue weighted by Gasteiger charge is 2.34. The van der Waals surface area contributed by atoms with Crippen LogP contribution in [-0.2, 0) is 29.4 Å². The van der Waals surface area contributed by atoms with Crippen molar-refractivity contribution in [1.82, 2.24) is 19.2 Å². The van der Waals surface area contributed by atoms with Gasteiger partial charge in [-0.1, -0.05) is 12.5 Å². The van der Waals surface area contributed by atoms with E-state index in [4.69, 9.17) is 9.97 Å². The van der Waals surface area contributed by atoms with Crippen molar-refractivity contribution in [3.05, 3.63) is 44.6 Å². The van der Waals surface area contributed by atoms with Gasteiger partial charge in [0.2, 0.25) is 10.0 Å². The first-order chi connectivity index (χ1) is 18.2. The number of fused-ring (bicyclic) bond motifs is 3. The zero-order valence-electron chi connectivity index (χ0n) is 23.1. The highest BCUT2D eigenvalue weighted by molar-refractivity contribution is 7.89. The van der Waals surface area contributed by atoms with Gasteiger partial charge in [0.15, 0.2) is 0 Å². The molecular weight excluding hydrogens is 514 g/mol. The molecule has 2 fully saturated rings. The minimum Gasteiger partial charge on any atom is -0.353 e. The molecule has 0 saturated carbocycles. The maximum atomic E-state index is 13.9. The van der Waals surface area contributed by atoms with E-state index in [-0.39, 0.29) is 0 Å². The molecule has 0 radical (unpaired) electrons. The van der Waals surface area contributed by atoms with Gasteiger partial charge in [0.1, 0.15) is 16.5 Å². The molecule has 0 unspecified atom stereocenters. The fourth-order valence-electron chi connectivity index (χ4n) is 6.47. The Morgan fingerprint density at radius 1 is 0.842 bits per heavy atom. The largest absolute Gasteiger partial charge is 0.353 e. The summed E-state index contributed by atoms with van der Waals surface area (Å²) < 4.78 is 29.4. The SMILES string of the molecule is Cc1cc(C)c(C)c(S(=O)(=O)N2CCN(c3nc(CN4CCCCC4)nc4sc5c(c34)CCC5)CC2)c1C. The van der Waals surface area contributed by atoms with Gasteiger partial charge in [-0.05, 0) is 101 Å². The lowest BCUT2D eigenvalue weighted by Gasteiger charge is -2.36. The molecule has 7 nitrogen and oxygen atoms in total. The number of benzene rings is 1. The Morgan fingerprint density at radius 3 is 2.21 bits per heavy atom. The van der Waals surface area contributed by atoms with E-state index in [2.05, 4.69) is 15.9 Å². The summed E-state index contributed by atoms with van der Waals surface area (Å²) in [5.41, 5.74) is 5.22. The number of aryl methyl sites for hydroxylation is 4. The second kappa shape index (κ2) is 10.2. The van der Waals surface area contributed by atoms with Gasteiger partial charge in [0.05, 0.1) is 16.8 Å². The van der Waals surface area contributed by atoms with Gasteiger partial charge in [-0.2, -0.15) is 4.31 Å². The molecule has 1 aromatic carbocycles. The molecular formula is C29H39N5O2S2. The lowest BCUT2D eigenvalue weighted by molar-refractivity contribution is 0.216. The average molecular weight is 554 g/mol. The first kappa shape index (κ1) is 26.2. The van der Waals surface area contributed by atoms with E-state index in [1.54, 1.807) is 4.31 Å². The molecule has 2 saturated heterocycles. The van der Waals surface area contributed by atoms with Gasteiger partial charge < -0.3 is 4.90 Å². The van der Waals surface area contributed by atoms with E-state index in [9.17, 15) is 8.42 Å². The molecule has 9 heteroatoms. The van der Waals surface area contributed by atoms with Crippen LogP contribution in [0.15, 0.2) is 11.0 Å². The lowest BCUT2D eigenvalue weighted by Crippen LogP contribution is -2.49. The Labute approximate surface area is 230 Å². The molecule has 0 bridgehead atoms. The number of sulfonamides is 1. The zero-order valence-corrected chi connectivity index (χ0v) is 24.8. The number of likely N-dealkylation sites (tertiary alicyclic amines) is 1. The summed E-state index contributed by atoms with van der Waals surface area (Å²) >= 11 is 1.85. The number of nitrogens with zero attached hydrogens (tertiary/aromatic N) is 5. The molecule has 0 spiro atoms. The summed E-state index contributed by atoms with van der Waals surface area (Å²) in [6.07, 6.45) is 7.24. The monoisotopic (exact) mass is 553 g/mol. The van der Waals surface area contributed by atoms with Crippen molar-refractivity contribution in [2.45, 2.75) is 77.7 Å². The van der Waals surface area contributed by atoms with Crippen molar-refractivity contribution < 1.29 is 8.42 Å². The van der Waals surface area contributed by atoms with Crippen molar-refractivity contribution in [3.63, 3.8) is 0 Å². The van der Waals surface area contributed by atoms with Crippen LogP contribution < -0.4 is 4.90 Å². The molecule has 2 aromatic heterocycles.